The first-order valence-electron chi connectivity index (χ1n) is 3.18. The first-order valence-corrected chi connectivity index (χ1v) is 3.18. The molecule has 0 N–H and O–H groups in total. The van der Waals surface area contributed by atoms with Crippen LogP contribution in [0.1, 0.15) is 0 Å². The molecule has 4 nitrogen and oxygen atoms in total. The summed E-state index contributed by atoms with van der Waals surface area (Å²) in [6, 6.07) is 0. The first-order chi connectivity index (χ1) is 5.31. The quantitative estimate of drug-likeness (QED) is 0.319. The molecule has 0 aliphatic heterocycles. The van der Waals surface area contributed by atoms with Crippen molar-refractivity contribution in [3.8, 4) is 0 Å². The monoisotopic (exact) mass is 160 g/mol. The summed E-state index contributed by atoms with van der Waals surface area (Å²) in [6.45, 7) is 4.07. The van der Waals surface area contributed by atoms with Crippen molar-refractivity contribution in [1.29, 1.82) is 0 Å². The maximum absolute atomic E-state index is 10.4. The predicted octanol–water partition coefficient (Wildman–Crippen LogP) is 0.336. The van der Waals surface area contributed by atoms with E-state index in [1.54, 1.807) is 0 Å². The Morgan fingerprint density at radius 2 is 2.27 bits per heavy atom. The molecular formula is C7H12O4. The largest absolute Gasteiger partial charge is 0.499 e. The molecule has 0 atom stereocenters. The van der Waals surface area contributed by atoms with Crippen molar-refractivity contribution < 1.29 is 19.0 Å². The van der Waals surface area contributed by atoms with Crippen molar-refractivity contribution in [3.05, 3.63) is 12.8 Å². The third kappa shape index (κ3) is 6.86. The van der Waals surface area contributed by atoms with Crippen LogP contribution in [-0.2, 0) is 19.0 Å². The zero-order valence-electron chi connectivity index (χ0n) is 6.54. The molecule has 0 amide bonds. The van der Waals surface area contributed by atoms with Gasteiger partial charge in [-0.1, -0.05) is 6.58 Å². The number of rotatable bonds is 6. The van der Waals surface area contributed by atoms with Gasteiger partial charge in [0.15, 0.2) is 0 Å². The van der Waals surface area contributed by atoms with Crippen LogP contribution in [-0.4, -0.2) is 32.9 Å². The molecule has 0 fully saturated rings. The van der Waals surface area contributed by atoms with E-state index in [9.17, 15) is 4.79 Å². The van der Waals surface area contributed by atoms with Crippen molar-refractivity contribution >= 4 is 5.97 Å². The summed E-state index contributed by atoms with van der Waals surface area (Å²) in [5, 5.41) is 0. The van der Waals surface area contributed by atoms with Gasteiger partial charge in [0.25, 0.3) is 0 Å². The molecule has 0 heterocycles. The summed E-state index contributed by atoms with van der Waals surface area (Å²) in [5.41, 5.74) is 0. The van der Waals surface area contributed by atoms with Crippen molar-refractivity contribution in [2.45, 2.75) is 0 Å². The van der Waals surface area contributed by atoms with Crippen LogP contribution in [0.5, 0.6) is 0 Å². The number of carbonyl (C=O) groups excluding carboxylic acids is 1. The third-order valence-electron chi connectivity index (χ3n) is 0.911. The molecule has 0 aromatic rings. The van der Waals surface area contributed by atoms with E-state index in [1.807, 2.05) is 0 Å². The maximum atomic E-state index is 10.4. The fraction of sp³-hybridized carbons (Fsp3) is 0.571. The second-order valence-corrected chi connectivity index (χ2v) is 1.67. The number of hydrogen-bond donors (Lipinski definition) is 0. The van der Waals surface area contributed by atoms with Crippen molar-refractivity contribution in [3.63, 3.8) is 0 Å². The minimum absolute atomic E-state index is 0.0308. The Bertz CT molecular complexity index is 122. The molecule has 0 aliphatic carbocycles. The summed E-state index contributed by atoms with van der Waals surface area (Å²) in [7, 11) is 1.31. The lowest BCUT2D eigenvalue weighted by atomic mass is 10.7. The highest BCUT2D eigenvalue weighted by Crippen LogP contribution is 1.80. The third-order valence-corrected chi connectivity index (χ3v) is 0.911. The van der Waals surface area contributed by atoms with E-state index >= 15 is 0 Å². The lowest BCUT2D eigenvalue weighted by Gasteiger charge is -2.01. The van der Waals surface area contributed by atoms with Crippen LogP contribution in [0.15, 0.2) is 12.8 Å². The zero-order chi connectivity index (χ0) is 8.53. The Hall–Kier alpha value is -1.03. The van der Waals surface area contributed by atoms with Gasteiger partial charge in [-0.3, -0.25) is 0 Å². The van der Waals surface area contributed by atoms with Gasteiger partial charge in [0.1, 0.15) is 13.2 Å². The SMILES string of the molecule is C=COCCOCC(=O)OC. The number of methoxy groups -OCH3 is 1. The summed E-state index contributed by atoms with van der Waals surface area (Å²) >= 11 is 0. The van der Waals surface area contributed by atoms with Crippen molar-refractivity contribution in [2.24, 2.45) is 0 Å². The van der Waals surface area contributed by atoms with Gasteiger partial charge < -0.3 is 14.2 Å². The smallest absolute Gasteiger partial charge is 0.331 e. The molecule has 64 valence electrons. The van der Waals surface area contributed by atoms with Gasteiger partial charge in [0, 0.05) is 0 Å². The molecule has 0 rings (SSSR count). The van der Waals surface area contributed by atoms with E-state index in [4.69, 9.17) is 9.47 Å². The van der Waals surface area contributed by atoms with Gasteiger partial charge in [-0.15, -0.1) is 0 Å². The summed E-state index contributed by atoms with van der Waals surface area (Å²) in [6.07, 6.45) is 1.32. The Morgan fingerprint density at radius 1 is 1.55 bits per heavy atom. The van der Waals surface area contributed by atoms with Crippen LogP contribution in [0.2, 0.25) is 0 Å². The second-order valence-electron chi connectivity index (χ2n) is 1.67. The van der Waals surface area contributed by atoms with Gasteiger partial charge in [-0.05, 0) is 0 Å². The number of esters is 1. The van der Waals surface area contributed by atoms with Gasteiger partial charge in [-0.25, -0.2) is 4.79 Å². The topological polar surface area (TPSA) is 44.8 Å². The summed E-state index contributed by atoms with van der Waals surface area (Å²) in [4.78, 5) is 10.4. The van der Waals surface area contributed by atoms with E-state index in [2.05, 4.69) is 11.3 Å². The van der Waals surface area contributed by atoms with Crippen LogP contribution in [0.3, 0.4) is 0 Å². The minimum atomic E-state index is -0.386. The number of hydrogen-bond acceptors (Lipinski definition) is 4. The minimum Gasteiger partial charge on any atom is -0.499 e. The molecule has 4 heteroatoms. The number of carbonyl (C=O) groups is 1. The Morgan fingerprint density at radius 3 is 2.82 bits per heavy atom. The van der Waals surface area contributed by atoms with Crippen LogP contribution in [0.25, 0.3) is 0 Å². The Kier molecular flexibility index (Phi) is 6.42. The standard InChI is InChI=1S/C7H12O4/c1-3-10-4-5-11-6-7(8)9-2/h3H,1,4-6H2,2H3. The van der Waals surface area contributed by atoms with E-state index in [0.29, 0.717) is 13.2 Å². The van der Waals surface area contributed by atoms with E-state index in [0.717, 1.165) is 0 Å². The Balaban J connectivity index is 3.01. The van der Waals surface area contributed by atoms with Crippen LogP contribution >= 0.6 is 0 Å². The number of ether oxygens (including phenoxy) is 3. The molecule has 0 radical (unpaired) electrons. The van der Waals surface area contributed by atoms with Gasteiger partial charge >= 0.3 is 5.97 Å². The lowest BCUT2D eigenvalue weighted by Crippen LogP contribution is -2.12. The molecule has 0 spiro atoms. The van der Waals surface area contributed by atoms with Crippen LogP contribution in [0.4, 0.5) is 0 Å². The highest BCUT2D eigenvalue weighted by Gasteiger charge is 1.97. The average molecular weight is 160 g/mol. The zero-order valence-corrected chi connectivity index (χ0v) is 6.54. The fourth-order valence-corrected chi connectivity index (χ4v) is 0.405. The Labute approximate surface area is 65.7 Å². The first kappa shape index (κ1) is 9.97. The highest BCUT2D eigenvalue weighted by atomic mass is 16.6. The lowest BCUT2D eigenvalue weighted by molar-refractivity contribution is -0.146. The van der Waals surface area contributed by atoms with Gasteiger partial charge in [-0.2, -0.15) is 0 Å². The highest BCUT2D eigenvalue weighted by molar-refractivity contribution is 5.70. The van der Waals surface area contributed by atoms with Crippen molar-refractivity contribution in [1.82, 2.24) is 0 Å². The molecule has 0 unspecified atom stereocenters. The molecule has 0 aromatic carbocycles. The molecule has 0 saturated carbocycles. The summed E-state index contributed by atoms with van der Waals surface area (Å²) < 4.78 is 13.9. The van der Waals surface area contributed by atoms with Gasteiger partial charge in [0.2, 0.25) is 0 Å². The molecule has 0 aliphatic rings. The van der Waals surface area contributed by atoms with Crippen LogP contribution in [0, 0.1) is 0 Å². The molecule has 0 aromatic heterocycles. The predicted molar refractivity (Wildman–Crippen MR) is 39.0 cm³/mol. The van der Waals surface area contributed by atoms with E-state index in [1.165, 1.54) is 13.4 Å². The van der Waals surface area contributed by atoms with Crippen molar-refractivity contribution in [2.75, 3.05) is 26.9 Å². The van der Waals surface area contributed by atoms with Crippen LogP contribution < -0.4 is 0 Å². The summed E-state index contributed by atoms with van der Waals surface area (Å²) in [5.74, 6) is -0.386. The average Bonchev–Trinajstić information content (AvgIpc) is 2.04. The van der Waals surface area contributed by atoms with E-state index < -0.39 is 0 Å². The fourth-order valence-electron chi connectivity index (χ4n) is 0.405. The normalized spacial score (nSPS) is 8.82. The molecule has 0 saturated heterocycles. The second kappa shape index (κ2) is 7.08. The van der Waals surface area contributed by atoms with Gasteiger partial charge in [0.05, 0.1) is 20.0 Å². The van der Waals surface area contributed by atoms with E-state index in [-0.39, 0.29) is 12.6 Å². The molecule has 0 bridgehead atoms. The molecule has 11 heavy (non-hydrogen) atoms. The maximum Gasteiger partial charge on any atom is 0.331 e. The molecular weight excluding hydrogens is 148 g/mol.